The maximum atomic E-state index is 13.2. The fourth-order valence-electron chi connectivity index (χ4n) is 4.81. The summed E-state index contributed by atoms with van der Waals surface area (Å²) in [5.74, 6) is 2.12. The number of pyridine rings is 1. The summed E-state index contributed by atoms with van der Waals surface area (Å²) in [4.78, 5) is 29.6. The minimum Gasteiger partial charge on any atom is -0.367 e. The van der Waals surface area contributed by atoms with E-state index in [2.05, 4.69) is 44.0 Å². The summed E-state index contributed by atoms with van der Waals surface area (Å²) in [5, 5.41) is 2.06. The molecule has 0 radical (unpaired) electrons. The van der Waals surface area contributed by atoms with E-state index < -0.39 is 0 Å². The van der Waals surface area contributed by atoms with Gasteiger partial charge >= 0.3 is 0 Å². The standard InChI is InChI=1S/C24H25N5OS2/c30-24-21-18-6-14-31-15-20(18)32-23(21)26-16-29(24)13-10-27-8-11-28(12-9-27)19-5-1-3-17-4-2-7-25-22(17)19/h1-5,7,16H,6,8-15H2. The van der Waals surface area contributed by atoms with Crippen molar-refractivity contribution >= 4 is 49.9 Å². The van der Waals surface area contributed by atoms with Crippen LogP contribution in [0.25, 0.3) is 21.1 Å². The van der Waals surface area contributed by atoms with E-state index in [0.717, 1.165) is 66.4 Å². The van der Waals surface area contributed by atoms with Gasteiger partial charge in [0.25, 0.3) is 5.56 Å². The van der Waals surface area contributed by atoms with Crippen molar-refractivity contribution in [1.29, 1.82) is 0 Å². The third kappa shape index (κ3) is 3.60. The van der Waals surface area contributed by atoms with E-state index in [1.165, 1.54) is 21.5 Å². The second-order valence-corrected chi connectivity index (χ2v) is 10.6. The molecule has 0 N–H and O–H groups in total. The molecule has 8 heteroatoms. The molecule has 2 aliphatic rings. The van der Waals surface area contributed by atoms with Crippen molar-refractivity contribution in [2.45, 2.75) is 18.7 Å². The number of fused-ring (bicyclic) bond motifs is 4. The molecule has 5 heterocycles. The summed E-state index contributed by atoms with van der Waals surface area (Å²) in [6.45, 7) is 5.47. The first-order valence-electron chi connectivity index (χ1n) is 11.2. The Balaban J connectivity index is 1.14. The number of aromatic nitrogens is 3. The summed E-state index contributed by atoms with van der Waals surface area (Å²) in [7, 11) is 0. The SMILES string of the molecule is O=c1c2c3c(sc2ncn1CCN1CCN(c2cccc4cccnc24)CC1)CSCC3. The Labute approximate surface area is 194 Å². The van der Waals surface area contributed by atoms with Crippen molar-refractivity contribution in [1.82, 2.24) is 19.4 Å². The zero-order chi connectivity index (χ0) is 21.5. The molecular weight excluding hydrogens is 438 g/mol. The Hall–Kier alpha value is -2.42. The monoisotopic (exact) mass is 463 g/mol. The number of thioether (sulfide) groups is 1. The first-order valence-corrected chi connectivity index (χ1v) is 13.1. The smallest absolute Gasteiger partial charge is 0.262 e. The van der Waals surface area contributed by atoms with Crippen LogP contribution in [0, 0.1) is 0 Å². The van der Waals surface area contributed by atoms with Crippen LogP contribution in [0.1, 0.15) is 10.4 Å². The third-order valence-corrected chi connectivity index (χ3v) is 8.88. The molecule has 32 heavy (non-hydrogen) atoms. The molecule has 164 valence electrons. The number of benzene rings is 1. The topological polar surface area (TPSA) is 54.3 Å². The lowest BCUT2D eigenvalue weighted by Gasteiger charge is -2.36. The van der Waals surface area contributed by atoms with Gasteiger partial charge in [0.1, 0.15) is 4.83 Å². The van der Waals surface area contributed by atoms with Gasteiger partial charge in [-0.05, 0) is 29.9 Å². The van der Waals surface area contributed by atoms with Crippen molar-refractivity contribution in [3.63, 3.8) is 0 Å². The average Bonchev–Trinajstić information content (AvgIpc) is 3.23. The van der Waals surface area contributed by atoms with E-state index >= 15 is 0 Å². The largest absolute Gasteiger partial charge is 0.367 e. The van der Waals surface area contributed by atoms with E-state index in [-0.39, 0.29) is 5.56 Å². The van der Waals surface area contributed by atoms with Gasteiger partial charge in [-0.25, -0.2) is 4.98 Å². The van der Waals surface area contributed by atoms with Gasteiger partial charge in [0.05, 0.1) is 22.9 Å². The van der Waals surface area contributed by atoms with Gasteiger partial charge in [0.15, 0.2) is 0 Å². The maximum Gasteiger partial charge on any atom is 0.262 e. The Bertz CT molecular complexity index is 1330. The number of para-hydroxylation sites is 1. The minimum atomic E-state index is 0.139. The van der Waals surface area contributed by atoms with E-state index in [1.807, 2.05) is 28.6 Å². The van der Waals surface area contributed by atoms with Gasteiger partial charge in [0.2, 0.25) is 0 Å². The lowest BCUT2D eigenvalue weighted by atomic mass is 10.1. The number of anilines is 1. The number of hydrogen-bond donors (Lipinski definition) is 0. The number of thiophene rings is 1. The Morgan fingerprint density at radius 1 is 1.00 bits per heavy atom. The molecule has 6 nitrogen and oxygen atoms in total. The van der Waals surface area contributed by atoms with E-state index in [1.54, 1.807) is 17.7 Å². The number of hydrogen-bond acceptors (Lipinski definition) is 7. The quantitative estimate of drug-likeness (QED) is 0.461. The van der Waals surface area contributed by atoms with Crippen molar-refractivity contribution < 1.29 is 0 Å². The molecule has 0 saturated carbocycles. The van der Waals surface area contributed by atoms with Crippen LogP contribution in [0.2, 0.25) is 0 Å². The molecule has 4 aromatic rings. The lowest BCUT2D eigenvalue weighted by molar-refractivity contribution is 0.247. The molecule has 0 bridgehead atoms. The first kappa shape index (κ1) is 20.2. The van der Waals surface area contributed by atoms with Crippen LogP contribution in [0.15, 0.2) is 47.7 Å². The average molecular weight is 464 g/mol. The fourth-order valence-corrected chi connectivity index (χ4v) is 7.12. The number of rotatable bonds is 4. The second kappa shape index (κ2) is 8.50. The summed E-state index contributed by atoms with van der Waals surface area (Å²) in [6.07, 6.45) is 4.61. The van der Waals surface area contributed by atoms with Crippen molar-refractivity contribution in [2.24, 2.45) is 0 Å². The van der Waals surface area contributed by atoms with Gasteiger partial charge in [-0.1, -0.05) is 18.2 Å². The van der Waals surface area contributed by atoms with Gasteiger partial charge < -0.3 is 4.90 Å². The molecule has 0 amide bonds. The highest BCUT2D eigenvalue weighted by molar-refractivity contribution is 7.98. The van der Waals surface area contributed by atoms with Crippen LogP contribution < -0.4 is 10.5 Å². The van der Waals surface area contributed by atoms with E-state index in [0.29, 0.717) is 6.54 Å². The fraction of sp³-hybridized carbons (Fsp3) is 0.375. The predicted molar refractivity (Wildman–Crippen MR) is 134 cm³/mol. The maximum absolute atomic E-state index is 13.2. The molecule has 2 aliphatic heterocycles. The highest BCUT2D eigenvalue weighted by atomic mass is 32.2. The summed E-state index contributed by atoms with van der Waals surface area (Å²) in [5.41, 5.74) is 3.69. The van der Waals surface area contributed by atoms with Gasteiger partial charge in [-0.2, -0.15) is 11.8 Å². The van der Waals surface area contributed by atoms with Crippen LogP contribution >= 0.6 is 23.1 Å². The second-order valence-electron chi connectivity index (χ2n) is 8.41. The van der Waals surface area contributed by atoms with Crippen LogP contribution in [-0.2, 0) is 18.7 Å². The zero-order valence-electron chi connectivity index (χ0n) is 17.9. The summed E-state index contributed by atoms with van der Waals surface area (Å²) in [6, 6.07) is 10.5. The van der Waals surface area contributed by atoms with Crippen molar-refractivity contribution in [2.75, 3.05) is 43.4 Å². The Morgan fingerprint density at radius 2 is 1.88 bits per heavy atom. The van der Waals surface area contributed by atoms with Crippen molar-refractivity contribution in [3.05, 3.63) is 63.7 Å². The van der Waals surface area contributed by atoms with Gasteiger partial charge in [-0.3, -0.25) is 19.2 Å². The molecule has 0 spiro atoms. The predicted octanol–water partition coefficient (Wildman–Crippen LogP) is 3.62. The van der Waals surface area contributed by atoms with Crippen molar-refractivity contribution in [3.8, 4) is 0 Å². The molecular formula is C24H25N5OS2. The molecule has 0 atom stereocenters. The lowest BCUT2D eigenvalue weighted by Crippen LogP contribution is -2.47. The molecule has 0 aliphatic carbocycles. The Kier molecular flexibility index (Phi) is 5.37. The summed E-state index contributed by atoms with van der Waals surface area (Å²) >= 11 is 3.65. The van der Waals surface area contributed by atoms with E-state index in [4.69, 9.17) is 0 Å². The number of nitrogens with zero attached hydrogens (tertiary/aromatic N) is 5. The molecule has 1 saturated heterocycles. The highest BCUT2D eigenvalue weighted by Crippen LogP contribution is 2.35. The summed E-state index contributed by atoms with van der Waals surface area (Å²) < 4.78 is 1.82. The van der Waals surface area contributed by atoms with Crippen LogP contribution in [0.4, 0.5) is 5.69 Å². The zero-order valence-corrected chi connectivity index (χ0v) is 19.5. The van der Waals surface area contributed by atoms with Gasteiger partial charge in [0, 0.05) is 61.5 Å². The minimum absolute atomic E-state index is 0.139. The molecule has 6 rings (SSSR count). The van der Waals surface area contributed by atoms with Crippen LogP contribution in [-0.4, -0.2) is 57.9 Å². The van der Waals surface area contributed by atoms with Crippen LogP contribution in [0.5, 0.6) is 0 Å². The molecule has 3 aromatic heterocycles. The normalized spacial score (nSPS) is 17.2. The first-order chi connectivity index (χ1) is 15.8. The number of aryl methyl sites for hydroxylation is 1. The molecule has 1 fully saturated rings. The Morgan fingerprint density at radius 3 is 2.78 bits per heavy atom. The molecule has 1 aromatic carbocycles. The van der Waals surface area contributed by atoms with Crippen LogP contribution in [0.3, 0.4) is 0 Å². The third-order valence-electron chi connectivity index (χ3n) is 6.57. The highest BCUT2D eigenvalue weighted by Gasteiger charge is 2.22. The molecule has 0 unspecified atom stereocenters. The van der Waals surface area contributed by atoms with Gasteiger partial charge in [-0.15, -0.1) is 11.3 Å². The number of piperazine rings is 1. The van der Waals surface area contributed by atoms with E-state index in [9.17, 15) is 4.79 Å².